The average Bonchev–Trinajstić information content (AvgIpc) is 2.30. The normalized spacial score (nSPS) is 21.3. The highest BCUT2D eigenvalue weighted by Gasteiger charge is 2.19. The first-order valence-electron chi connectivity index (χ1n) is 5.90. The summed E-state index contributed by atoms with van der Waals surface area (Å²) in [5, 5.41) is 6.19. The van der Waals surface area contributed by atoms with E-state index in [1.54, 1.807) is 0 Å². The molecule has 1 aliphatic rings. The van der Waals surface area contributed by atoms with Gasteiger partial charge in [0.2, 0.25) is 5.91 Å². The van der Waals surface area contributed by atoms with Gasteiger partial charge in [-0.3, -0.25) is 4.79 Å². The summed E-state index contributed by atoms with van der Waals surface area (Å²) >= 11 is 0. The van der Waals surface area contributed by atoms with Gasteiger partial charge >= 0.3 is 0 Å². The molecule has 0 spiro atoms. The van der Waals surface area contributed by atoms with Crippen LogP contribution >= 0.6 is 0 Å². The minimum absolute atomic E-state index is 0.172. The molecule has 1 rings (SSSR count). The van der Waals surface area contributed by atoms with Crippen molar-refractivity contribution in [2.24, 2.45) is 5.92 Å². The number of ether oxygens (including phenoxy) is 1. The average molecular weight is 214 g/mol. The highest BCUT2D eigenvalue weighted by Crippen LogP contribution is 2.09. The molecule has 4 heteroatoms. The van der Waals surface area contributed by atoms with Crippen molar-refractivity contribution in [3.05, 3.63) is 0 Å². The molecule has 0 saturated carbocycles. The number of hydrogen-bond donors (Lipinski definition) is 2. The van der Waals surface area contributed by atoms with Crippen LogP contribution in [0.3, 0.4) is 0 Å². The Kier molecular flexibility index (Phi) is 6.36. The van der Waals surface area contributed by atoms with Gasteiger partial charge in [-0.15, -0.1) is 0 Å². The number of rotatable bonds is 6. The summed E-state index contributed by atoms with van der Waals surface area (Å²) in [5.41, 5.74) is 0. The minimum Gasteiger partial charge on any atom is -0.382 e. The second-order valence-corrected chi connectivity index (χ2v) is 3.88. The number of hydrogen-bond acceptors (Lipinski definition) is 3. The Bertz CT molecular complexity index is 179. The predicted molar refractivity (Wildman–Crippen MR) is 59.7 cm³/mol. The van der Waals surface area contributed by atoms with Gasteiger partial charge in [0.25, 0.3) is 0 Å². The summed E-state index contributed by atoms with van der Waals surface area (Å²) < 4.78 is 5.20. The third-order valence-electron chi connectivity index (χ3n) is 2.64. The van der Waals surface area contributed by atoms with E-state index in [-0.39, 0.29) is 11.8 Å². The Morgan fingerprint density at radius 3 is 3.13 bits per heavy atom. The van der Waals surface area contributed by atoms with Crippen LogP contribution in [0.2, 0.25) is 0 Å². The summed E-state index contributed by atoms with van der Waals surface area (Å²) in [6, 6.07) is 0. The second-order valence-electron chi connectivity index (χ2n) is 3.88. The maximum absolute atomic E-state index is 11.6. The zero-order chi connectivity index (χ0) is 10.9. The molecule has 0 aliphatic carbocycles. The maximum atomic E-state index is 11.6. The number of piperidine rings is 1. The van der Waals surface area contributed by atoms with Gasteiger partial charge in [-0.2, -0.15) is 0 Å². The van der Waals surface area contributed by atoms with Crippen LogP contribution in [0.25, 0.3) is 0 Å². The lowest BCUT2D eigenvalue weighted by Gasteiger charge is -2.21. The molecule has 1 saturated heterocycles. The monoisotopic (exact) mass is 214 g/mol. The van der Waals surface area contributed by atoms with E-state index < -0.39 is 0 Å². The SMILES string of the molecule is CCOCCCNC(=O)C1CCCNC1. The Morgan fingerprint density at radius 1 is 1.60 bits per heavy atom. The van der Waals surface area contributed by atoms with Crippen molar-refractivity contribution in [1.29, 1.82) is 0 Å². The zero-order valence-corrected chi connectivity index (χ0v) is 9.55. The second kappa shape index (κ2) is 7.65. The first-order valence-corrected chi connectivity index (χ1v) is 5.90. The van der Waals surface area contributed by atoms with Crippen molar-refractivity contribution in [2.75, 3.05) is 32.8 Å². The highest BCUT2D eigenvalue weighted by molar-refractivity contribution is 5.78. The van der Waals surface area contributed by atoms with Crippen LogP contribution in [0.4, 0.5) is 0 Å². The van der Waals surface area contributed by atoms with Crippen LogP contribution in [0.1, 0.15) is 26.2 Å². The highest BCUT2D eigenvalue weighted by atomic mass is 16.5. The summed E-state index contributed by atoms with van der Waals surface area (Å²) in [6.45, 7) is 6.08. The van der Waals surface area contributed by atoms with Crippen LogP contribution < -0.4 is 10.6 Å². The molecule has 0 bridgehead atoms. The fourth-order valence-electron chi connectivity index (χ4n) is 1.75. The van der Waals surface area contributed by atoms with E-state index in [0.717, 1.165) is 52.1 Å². The molecule has 15 heavy (non-hydrogen) atoms. The summed E-state index contributed by atoms with van der Waals surface area (Å²) in [6.07, 6.45) is 3.03. The zero-order valence-electron chi connectivity index (χ0n) is 9.55. The molecule has 88 valence electrons. The van der Waals surface area contributed by atoms with Gasteiger partial charge in [-0.1, -0.05) is 0 Å². The lowest BCUT2D eigenvalue weighted by molar-refractivity contribution is -0.125. The molecule has 0 aromatic heterocycles. The Labute approximate surface area is 91.8 Å². The summed E-state index contributed by atoms with van der Waals surface area (Å²) in [4.78, 5) is 11.6. The summed E-state index contributed by atoms with van der Waals surface area (Å²) in [7, 11) is 0. The summed E-state index contributed by atoms with van der Waals surface area (Å²) in [5.74, 6) is 0.365. The molecule has 1 aliphatic heterocycles. The molecule has 1 fully saturated rings. The third kappa shape index (κ3) is 5.14. The van der Waals surface area contributed by atoms with Gasteiger partial charge in [0.05, 0.1) is 5.92 Å². The Balaban J connectivity index is 2.02. The van der Waals surface area contributed by atoms with E-state index in [2.05, 4.69) is 10.6 Å². The predicted octanol–water partition coefficient (Wildman–Crippen LogP) is 0.529. The molecule has 1 amide bonds. The van der Waals surface area contributed by atoms with Gasteiger partial charge in [-0.25, -0.2) is 0 Å². The van der Waals surface area contributed by atoms with E-state index in [1.165, 1.54) is 0 Å². The van der Waals surface area contributed by atoms with Gasteiger partial charge in [-0.05, 0) is 32.7 Å². The minimum atomic E-state index is 0.172. The van der Waals surface area contributed by atoms with Crippen LogP contribution in [0.5, 0.6) is 0 Å². The third-order valence-corrected chi connectivity index (χ3v) is 2.64. The smallest absolute Gasteiger partial charge is 0.224 e. The molecule has 2 N–H and O–H groups in total. The lowest BCUT2D eigenvalue weighted by atomic mass is 9.99. The quantitative estimate of drug-likeness (QED) is 0.634. The standard InChI is InChI=1S/C11H22N2O2/c1-2-15-8-4-7-13-11(14)10-5-3-6-12-9-10/h10,12H,2-9H2,1H3,(H,13,14). The number of nitrogens with one attached hydrogen (secondary N) is 2. The van der Waals surface area contributed by atoms with E-state index >= 15 is 0 Å². The molecule has 1 heterocycles. The van der Waals surface area contributed by atoms with Crippen molar-refractivity contribution < 1.29 is 9.53 Å². The Hall–Kier alpha value is -0.610. The lowest BCUT2D eigenvalue weighted by Crippen LogP contribution is -2.40. The largest absolute Gasteiger partial charge is 0.382 e. The molecular weight excluding hydrogens is 192 g/mol. The molecule has 1 unspecified atom stereocenters. The van der Waals surface area contributed by atoms with Crippen molar-refractivity contribution in [2.45, 2.75) is 26.2 Å². The number of carbonyl (C=O) groups is 1. The van der Waals surface area contributed by atoms with Crippen molar-refractivity contribution in [1.82, 2.24) is 10.6 Å². The van der Waals surface area contributed by atoms with Crippen LogP contribution in [0, 0.1) is 5.92 Å². The van der Waals surface area contributed by atoms with Gasteiger partial charge in [0, 0.05) is 26.3 Å². The van der Waals surface area contributed by atoms with Crippen molar-refractivity contribution >= 4 is 5.91 Å². The van der Waals surface area contributed by atoms with E-state index in [0.29, 0.717) is 0 Å². The topological polar surface area (TPSA) is 50.4 Å². The van der Waals surface area contributed by atoms with Gasteiger partial charge in [0.15, 0.2) is 0 Å². The fraction of sp³-hybridized carbons (Fsp3) is 0.909. The molecule has 0 aromatic carbocycles. The molecule has 1 atom stereocenters. The van der Waals surface area contributed by atoms with Gasteiger partial charge < -0.3 is 15.4 Å². The number of carbonyl (C=O) groups excluding carboxylic acids is 1. The van der Waals surface area contributed by atoms with E-state index in [9.17, 15) is 4.79 Å². The number of amides is 1. The van der Waals surface area contributed by atoms with Crippen molar-refractivity contribution in [3.63, 3.8) is 0 Å². The molecule has 4 nitrogen and oxygen atoms in total. The van der Waals surface area contributed by atoms with Crippen LogP contribution in [0.15, 0.2) is 0 Å². The van der Waals surface area contributed by atoms with Gasteiger partial charge in [0.1, 0.15) is 0 Å². The van der Waals surface area contributed by atoms with Crippen molar-refractivity contribution in [3.8, 4) is 0 Å². The van der Waals surface area contributed by atoms with Crippen LogP contribution in [-0.2, 0) is 9.53 Å². The maximum Gasteiger partial charge on any atom is 0.224 e. The van der Waals surface area contributed by atoms with E-state index in [4.69, 9.17) is 4.74 Å². The fourth-order valence-corrected chi connectivity index (χ4v) is 1.75. The molecule has 0 aromatic rings. The first-order chi connectivity index (χ1) is 7.34. The molecular formula is C11H22N2O2. The molecule has 0 radical (unpaired) electrons. The Morgan fingerprint density at radius 2 is 2.47 bits per heavy atom. The first kappa shape index (κ1) is 12.5. The van der Waals surface area contributed by atoms with Crippen LogP contribution in [-0.4, -0.2) is 38.8 Å². The van der Waals surface area contributed by atoms with E-state index in [1.807, 2.05) is 6.92 Å².